The first-order valence-electron chi connectivity index (χ1n) is 9.88. The van der Waals surface area contributed by atoms with Gasteiger partial charge >= 0.3 is 0 Å². The molecule has 0 fully saturated rings. The van der Waals surface area contributed by atoms with Crippen molar-refractivity contribution in [2.45, 2.75) is 20.1 Å². The molecule has 0 atom stereocenters. The van der Waals surface area contributed by atoms with Gasteiger partial charge in [-0.25, -0.2) is 0 Å². The van der Waals surface area contributed by atoms with Gasteiger partial charge in [-0.1, -0.05) is 11.6 Å². The molecule has 0 N–H and O–H groups in total. The smallest absolute Gasteiger partial charge is 0.254 e. The van der Waals surface area contributed by atoms with Crippen molar-refractivity contribution >= 4 is 17.5 Å². The van der Waals surface area contributed by atoms with Gasteiger partial charge in [0.2, 0.25) is 0 Å². The zero-order valence-corrected chi connectivity index (χ0v) is 18.6. The van der Waals surface area contributed by atoms with Gasteiger partial charge in [-0.05, 0) is 61.0 Å². The molecule has 0 aliphatic heterocycles. The van der Waals surface area contributed by atoms with E-state index in [1.807, 2.05) is 19.1 Å². The van der Waals surface area contributed by atoms with Crippen molar-refractivity contribution < 1.29 is 19.0 Å². The molecule has 1 aromatic heterocycles. The Kier molecular flexibility index (Phi) is 7.73. The zero-order valence-electron chi connectivity index (χ0n) is 17.8. The largest absolute Gasteiger partial charge is 0.496 e. The summed E-state index contributed by atoms with van der Waals surface area (Å²) in [7, 11) is 3.32. The number of ether oxygens (including phenoxy) is 3. The second kappa shape index (κ2) is 10.7. The fourth-order valence-corrected chi connectivity index (χ4v) is 3.28. The summed E-state index contributed by atoms with van der Waals surface area (Å²) in [5.74, 6) is 1.63. The normalized spacial score (nSPS) is 10.5. The molecule has 1 heterocycles. The number of pyridine rings is 1. The highest BCUT2D eigenvalue weighted by Crippen LogP contribution is 2.30. The van der Waals surface area contributed by atoms with E-state index in [4.69, 9.17) is 25.8 Å². The molecular weight excluding hydrogens is 416 g/mol. The molecule has 0 aliphatic rings. The Morgan fingerprint density at radius 3 is 2.45 bits per heavy atom. The van der Waals surface area contributed by atoms with Crippen molar-refractivity contribution in [3.63, 3.8) is 0 Å². The maximum Gasteiger partial charge on any atom is 0.254 e. The van der Waals surface area contributed by atoms with E-state index in [0.717, 1.165) is 11.1 Å². The molecule has 6 nitrogen and oxygen atoms in total. The molecular formula is C24H25ClN2O4. The lowest BCUT2D eigenvalue weighted by atomic mass is 10.1. The fourth-order valence-electron chi connectivity index (χ4n) is 3.09. The van der Waals surface area contributed by atoms with E-state index in [1.165, 1.54) is 0 Å². The van der Waals surface area contributed by atoms with E-state index in [0.29, 0.717) is 47.6 Å². The Hall–Kier alpha value is -3.25. The van der Waals surface area contributed by atoms with Crippen LogP contribution in [0.15, 0.2) is 60.9 Å². The van der Waals surface area contributed by atoms with Gasteiger partial charge in [0.05, 0.1) is 13.7 Å². The van der Waals surface area contributed by atoms with Gasteiger partial charge in [0.15, 0.2) is 11.5 Å². The molecule has 162 valence electrons. The van der Waals surface area contributed by atoms with E-state index < -0.39 is 0 Å². The average molecular weight is 441 g/mol. The van der Waals surface area contributed by atoms with Crippen LogP contribution in [0.25, 0.3) is 0 Å². The van der Waals surface area contributed by atoms with Crippen LogP contribution in [-0.2, 0) is 13.2 Å². The van der Waals surface area contributed by atoms with Crippen LogP contribution in [0, 0.1) is 0 Å². The lowest BCUT2D eigenvalue weighted by molar-refractivity contribution is 0.0783. The molecule has 1 amide bonds. The van der Waals surface area contributed by atoms with Gasteiger partial charge in [-0.15, -0.1) is 0 Å². The molecule has 0 saturated heterocycles. The summed E-state index contributed by atoms with van der Waals surface area (Å²) in [4.78, 5) is 18.6. The summed E-state index contributed by atoms with van der Waals surface area (Å²) < 4.78 is 17.0. The molecule has 7 heteroatoms. The van der Waals surface area contributed by atoms with Gasteiger partial charge < -0.3 is 19.1 Å². The van der Waals surface area contributed by atoms with E-state index in [9.17, 15) is 4.79 Å². The minimum absolute atomic E-state index is 0.149. The van der Waals surface area contributed by atoms with Crippen molar-refractivity contribution in [3.05, 3.63) is 82.6 Å². The molecule has 0 unspecified atom stereocenters. The van der Waals surface area contributed by atoms with Crippen LogP contribution in [0.1, 0.15) is 28.4 Å². The van der Waals surface area contributed by atoms with Crippen LogP contribution in [0.2, 0.25) is 5.02 Å². The molecule has 31 heavy (non-hydrogen) atoms. The average Bonchev–Trinajstić information content (AvgIpc) is 2.78. The van der Waals surface area contributed by atoms with Gasteiger partial charge in [-0.2, -0.15) is 0 Å². The van der Waals surface area contributed by atoms with Crippen molar-refractivity contribution in [3.8, 4) is 17.2 Å². The number of aromatic nitrogens is 1. The zero-order chi connectivity index (χ0) is 22.2. The standard InChI is InChI=1S/C24H25ClN2O4/c1-4-30-23-14-18(5-7-22(23)31-16-17-9-11-26-12-10-17)24(28)27(2)15-19-13-20(25)6-8-21(19)29-3/h5-14H,4,15-16H2,1-3H3. The second-order valence-electron chi connectivity index (χ2n) is 6.86. The number of carbonyl (C=O) groups excluding carboxylic acids is 1. The van der Waals surface area contributed by atoms with Crippen molar-refractivity contribution in [2.24, 2.45) is 0 Å². The number of carbonyl (C=O) groups is 1. The highest BCUT2D eigenvalue weighted by atomic mass is 35.5. The Bertz CT molecular complexity index is 1030. The van der Waals surface area contributed by atoms with Gasteiger partial charge in [0.25, 0.3) is 5.91 Å². The van der Waals surface area contributed by atoms with E-state index in [-0.39, 0.29) is 5.91 Å². The molecule has 3 rings (SSSR count). The summed E-state index contributed by atoms with van der Waals surface area (Å²) in [6, 6.07) is 14.3. The number of nitrogens with zero attached hydrogens (tertiary/aromatic N) is 2. The van der Waals surface area contributed by atoms with Crippen molar-refractivity contribution in [2.75, 3.05) is 20.8 Å². The predicted molar refractivity (Wildman–Crippen MR) is 120 cm³/mol. The lowest BCUT2D eigenvalue weighted by Crippen LogP contribution is -2.26. The first-order chi connectivity index (χ1) is 15.0. The minimum atomic E-state index is -0.149. The monoisotopic (exact) mass is 440 g/mol. The Labute approximate surface area is 187 Å². The van der Waals surface area contributed by atoms with Crippen LogP contribution in [0.3, 0.4) is 0 Å². The van der Waals surface area contributed by atoms with Gasteiger partial charge in [0, 0.05) is 42.1 Å². The number of benzene rings is 2. The highest BCUT2D eigenvalue weighted by molar-refractivity contribution is 6.30. The molecule has 0 saturated carbocycles. The molecule has 0 radical (unpaired) electrons. The summed E-state index contributed by atoms with van der Waals surface area (Å²) >= 11 is 6.11. The predicted octanol–water partition coefficient (Wildman–Crippen LogP) is 4.99. The summed E-state index contributed by atoms with van der Waals surface area (Å²) in [5, 5.41) is 0.589. The Balaban J connectivity index is 1.76. The topological polar surface area (TPSA) is 60.9 Å². The summed E-state index contributed by atoms with van der Waals surface area (Å²) in [6.07, 6.45) is 3.43. The quantitative estimate of drug-likeness (QED) is 0.469. The number of halogens is 1. The van der Waals surface area contributed by atoms with Crippen LogP contribution >= 0.6 is 11.6 Å². The van der Waals surface area contributed by atoms with Crippen LogP contribution in [0.5, 0.6) is 17.2 Å². The van der Waals surface area contributed by atoms with Crippen molar-refractivity contribution in [1.82, 2.24) is 9.88 Å². The van der Waals surface area contributed by atoms with Gasteiger partial charge in [0.1, 0.15) is 12.4 Å². The van der Waals surface area contributed by atoms with E-state index >= 15 is 0 Å². The first kappa shape index (κ1) is 22.4. The maximum absolute atomic E-state index is 13.0. The SMILES string of the molecule is CCOc1cc(C(=O)N(C)Cc2cc(Cl)ccc2OC)ccc1OCc1ccncc1. The lowest BCUT2D eigenvalue weighted by Gasteiger charge is -2.20. The highest BCUT2D eigenvalue weighted by Gasteiger charge is 2.17. The third-order valence-corrected chi connectivity index (χ3v) is 4.87. The molecule has 0 bridgehead atoms. The molecule has 0 aliphatic carbocycles. The number of hydrogen-bond acceptors (Lipinski definition) is 5. The first-order valence-corrected chi connectivity index (χ1v) is 10.3. The number of rotatable bonds is 9. The third-order valence-electron chi connectivity index (χ3n) is 4.63. The molecule has 2 aromatic carbocycles. The second-order valence-corrected chi connectivity index (χ2v) is 7.29. The third kappa shape index (κ3) is 5.89. The Morgan fingerprint density at radius 2 is 1.74 bits per heavy atom. The molecule has 3 aromatic rings. The van der Waals surface area contributed by atoms with E-state index in [1.54, 1.807) is 67.8 Å². The van der Waals surface area contributed by atoms with Crippen LogP contribution < -0.4 is 14.2 Å². The van der Waals surface area contributed by atoms with Gasteiger partial charge in [-0.3, -0.25) is 9.78 Å². The van der Waals surface area contributed by atoms with E-state index in [2.05, 4.69) is 4.98 Å². The summed E-state index contributed by atoms with van der Waals surface area (Å²) in [6.45, 7) is 3.08. The number of methoxy groups -OCH3 is 1. The maximum atomic E-state index is 13.0. The Morgan fingerprint density at radius 1 is 1.00 bits per heavy atom. The summed E-state index contributed by atoms with van der Waals surface area (Å²) in [5.41, 5.74) is 2.32. The fraction of sp³-hybridized carbons (Fsp3) is 0.250. The number of amides is 1. The molecule has 0 spiro atoms. The minimum Gasteiger partial charge on any atom is -0.496 e. The number of hydrogen-bond donors (Lipinski definition) is 0. The van der Waals surface area contributed by atoms with Crippen LogP contribution in [-0.4, -0.2) is 36.6 Å². The van der Waals surface area contributed by atoms with Crippen molar-refractivity contribution in [1.29, 1.82) is 0 Å². The van der Waals surface area contributed by atoms with Crippen LogP contribution in [0.4, 0.5) is 0 Å².